The number of hydrogen-bond donors (Lipinski definition) is 0. The second-order valence-electron chi connectivity index (χ2n) is 19.8. The van der Waals surface area contributed by atoms with Crippen molar-refractivity contribution in [3.63, 3.8) is 0 Å². The first-order valence-corrected chi connectivity index (χ1v) is 29.3. The first-order valence-electron chi connectivity index (χ1n) is 29.3. The summed E-state index contributed by atoms with van der Waals surface area (Å²) in [6.07, 6.45) is 82.7. The highest BCUT2D eigenvalue weighted by molar-refractivity contribution is 5.70. The lowest BCUT2D eigenvalue weighted by Gasteiger charge is -2.26. The molecule has 2 atom stereocenters. The van der Waals surface area contributed by atoms with Gasteiger partial charge in [-0.25, -0.2) is 0 Å². The molecule has 430 valence electrons. The zero-order valence-corrected chi connectivity index (χ0v) is 48.7. The van der Waals surface area contributed by atoms with Crippen LogP contribution in [0.3, 0.4) is 0 Å². The molecule has 0 bridgehead atoms. The van der Waals surface area contributed by atoms with Gasteiger partial charge in [0.25, 0.3) is 0 Å². The molecule has 0 aromatic carbocycles. The lowest BCUT2D eigenvalue weighted by molar-refractivity contribution is -0.870. The Morgan fingerprint density at radius 2 is 0.701 bits per heavy atom. The highest BCUT2D eigenvalue weighted by Gasteiger charge is 2.22. The average Bonchev–Trinajstić information content (AvgIpc) is 3.40. The van der Waals surface area contributed by atoms with Gasteiger partial charge in [0.15, 0.2) is 12.4 Å². The molecule has 0 spiro atoms. The zero-order valence-electron chi connectivity index (χ0n) is 48.7. The number of hydrogen-bond acceptors (Lipinski definition) is 8. The number of quaternary nitrogens is 1. The number of nitrogens with zero attached hydrogens (tertiary/aromatic N) is 1. The predicted molar refractivity (Wildman–Crippen MR) is 324 cm³/mol. The van der Waals surface area contributed by atoms with E-state index in [9.17, 15) is 19.5 Å². The van der Waals surface area contributed by atoms with Crippen LogP contribution in [0.5, 0.6) is 0 Å². The summed E-state index contributed by atoms with van der Waals surface area (Å²) in [5, 5.41) is 11.8. The second-order valence-corrected chi connectivity index (χ2v) is 19.8. The van der Waals surface area contributed by atoms with E-state index in [-0.39, 0.29) is 32.7 Å². The minimum atomic E-state index is -1.65. The summed E-state index contributed by atoms with van der Waals surface area (Å²) >= 11 is 0. The van der Waals surface area contributed by atoms with Crippen molar-refractivity contribution in [1.82, 2.24) is 0 Å². The van der Waals surface area contributed by atoms with E-state index in [0.717, 1.165) is 141 Å². The number of rotatable bonds is 51. The fourth-order valence-electron chi connectivity index (χ4n) is 7.02. The van der Waals surface area contributed by atoms with E-state index in [1.807, 2.05) is 21.1 Å². The maximum atomic E-state index is 12.9. The molecule has 0 radical (unpaired) electrons. The lowest BCUT2D eigenvalue weighted by atomic mass is 10.1. The van der Waals surface area contributed by atoms with Crippen LogP contribution in [0.4, 0.5) is 0 Å². The van der Waals surface area contributed by atoms with Gasteiger partial charge >= 0.3 is 11.9 Å². The Kier molecular flexibility index (Phi) is 52.9. The van der Waals surface area contributed by atoms with Gasteiger partial charge in [0.1, 0.15) is 13.2 Å². The zero-order chi connectivity index (χ0) is 56.2. The van der Waals surface area contributed by atoms with Crippen LogP contribution in [0, 0.1) is 0 Å². The molecule has 0 amide bonds. The number of ether oxygens (including phenoxy) is 4. The van der Waals surface area contributed by atoms with Crippen molar-refractivity contribution >= 4 is 17.9 Å². The van der Waals surface area contributed by atoms with Crippen molar-refractivity contribution in [2.24, 2.45) is 0 Å². The number of unbranched alkanes of at least 4 members (excludes halogenated alkanes) is 8. The van der Waals surface area contributed by atoms with Crippen LogP contribution in [0.1, 0.15) is 181 Å². The van der Waals surface area contributed by atoms with Crippen molar-refractivity contribution in [3.05, 3.63) is 170 Å². The van der Waals surface area contributed by atoms with Gasteiger partial charge in [0.05, 0.1) is 40.3 Å². The Balaban J connectivity index is 4.30. The Morgan fingerprint density at radius 3 is 1.06 bits per heavy atom. The number of likely N-dealkylation sites (N-methyl/N-ethyl adjacent to an activating group) is 1. The molecule has 0 saturated heterocycles. The maximum Gasteiger partial charge on any atom is 0.306 e. The summed E-state index contributed by atoms with van der Waals surface area (Å²) in [7, 11) is 5.88. The first-order chi connectivity index (χ1) is 37.6. The van der Waals surface area contributed by atoms with Crippen molar-refractivity contribution in [2.45, 2.75) is 193 Å². The number of carboxylic acid groups (broad SMARTS) is 1. The van der Waals surface area contributed by atoms with Gasteiger partial charge in [-0.2, -0.15) is 0 Å². The topological polar surface area (TPSA) is 111 Å². The third-order valence-electron chi connectivity index (χ3n) is 11.5. The Bertz CT molecular complexity index is 1860. The van der Waals surface area contributed by atoms with E-state index >= 15 is 0 Å². The minimum Gasteiger partial charge on any atom is -0.545 e. The summed E-state index contributed by atoms with van der Waals surface area (Å²) in [5.41, 5.74) is 0. The van der Waals surface area contributed by atoms with E-state index < -0.39 is 30.3 Å². The summed E-state index contributed by atoms with van der Waals surface area (Å²) in [6, 6.07) is 0. The lowest BCUT2D eigenvalue weighted by Crippen LogP contribution is -2.44. The number of carboxylic acids is 1. The molecule has 0 aliphatic rings. The SMILES string of the molecule is CC/C=C\C/C=C\C/C=C\C/C=C\C/C=C\C/C=C\C/C=C\C/C=C\C/C=C\C/C=C\CCCCCCCCC(=O)OC(COC(=O)CCCC/C=C\C/C=C\C/C=C\C/C=C\CC)COC(OCC[N+](C)(C)C)C(=O)[O-]. The molecule has 0 fully saturated rings. The number of esters is 2. The molecule has 0 N–H and O–H groups in total. The third-order valence-corrected chi connectivity index (χ3v) is 11.5. The minimum absolute atomic E-state index is 0.128. The number of carbonyl (C=O) groups is 3. The number of allylic oxidation sites excluding steroid dienone is 28. The Morgan fingerprint density at radius 1 is 0.390 bits per heavy atom. The molecule has 2 unspecified atom stereocenters. The van der Waals surface area contributed by atoms with Gasteiger partial charge in [-0.3, -0.25) is 9.59 Å². The normalized spacial score (nSPS) is 14.0. The molecule has 0 aliphatic carbocycles. The molecule has 77 heavy (non-hydrogen) atoms. The summed E-state index contributed by atoms with van der Waals surface area (Å²) in [5.74, 6) is -2.39. The van der Waals surface area contributed by atoms with E-state index in [1.54, 1.807) is 0 Å². The molecule has 9 heteroatoms. The van der Waals surface area contributed by atoms with Crippen LogP contribution in [-0.2, 0) is 33.3 Å². The first kappa shape index (κ1) is 71.7. The van der Waals surface area contributed by atoms with E-state index in [1.165, 1.54) is 0 Å². The molecule has 0 rings (SSSR count). The fraction of sp³-hybridized carbons (Fsp3) is 0.544. The van der Waals surface area contributed by atoms with Gasteiger partial charge in [-0.1, -0.05) is 210 Å². The van der Waals surface area contributed by atoms with Crippen LogP contribution >= 0.6 is 0 Å². The van der Waals surface area contributed by atoms with E-state index in [2.05, 4.69) is 184 Å². The number of aliphatic carboxylic acids is 1. The largest absolute Gasteiger partial charge is 0.545 e. The highest BCUT2D eigenvalue weighted by atomic mass is 16.7. The van der Waals surface area contributed by atoms with Gasteiger partial charge in [-0.15, -0.1) is 0 Å². The summed E-state index contributed by atoms with van der Waals surface area (Å²) in [4.78, 5) is 37.2. The van der Waals surface area contributed by atoms with Crippen LogP contribution in [0.15, 0.2) is 170 Å². The van der Waals surface area contributed by atoms with Gasteiger partial charge < -0.3 is 33.3 Å². The maximum absolute atomic E-state index is 12.9. The molecular formula is C68H105NO8. The molecule has 0 aromatic heterocycles. The van der Waals surface area contributed by atoms with Crippen molar-refractivity contribution < 1.29 is 42.9 Å². The van der Waals surface area contributed by atoms with Crippen LogP contribution in [0.2, 0.25) is 0 Å². The van der Waals surface area contributed by atoms with Crippen LogP contribution in [-0.4, -0.2) is 82.3 Å². The second kappa shape index (κ2) is 56.8. The third kappa shape index (κ3) is 58.2. The van der Waals surface area contributed by atoms with E-state index in [4.69, 9.17) is 18.9 Å². The average molecular weight is 1060 g/mol. The fourth-order valence-corrected chi connectivity index (χ4v) is 7.02. The van der Waals surface area contributed by atoms with Crippen LogP contribution < -0.4 is 5.11 Å². The highest BCUT2D eigenvalue weighted by Crippen LogP contribution is 2.12. The Labute approximate surface area is 469 Å². The summed E-state index contributed by atoms with van der Waals surface area (Å²) < 4.78 is 22.6. The molecular weight excluding hydrogens is 959 g/mol. The molecule has 0 aliphatic heterocycles. The van der Waals surface area contributed by atoms with Gasteiger partial charge in [0, 0.05) is 12.8 Å². The van der Waals surface area contributed by atoms with Gasteiger partial charge in [0.2, 0.25) is 0 Å². The Hall–Kier alpha value is -5.35. The monoisotopic (exact) mass is 1060 g/mol. The smallest absolute Gasteiger partial charge is 0.306 e. The molecule has 9 nitrogen and oxygen atoms in total. The quantitative estimate of drug-likeness (QED) is 0.0195. The standard InChI is InChI=1S/C68H105NO8/c1-6-8-10-12-14-16-18-20-22-23-24-25-26-27-28-29-30-31-32-33-34-35-36-37-38-39-40-41-42-43-45-47-49-51-53-55-57-59-66(71)77-64(63-76-68(67(72)73)74-61-60-69(3,4)5)62-75-65(70)58-56-54-52-50-48-46-44-21-19-17-15-13-11-9-7-2/h8-11,14-17,20-22,24-25,27-28,30-31,33-34,36-37,39-40,42-44,48,50,64,68H,6-7,12-13,18-19,23,26,29,32,35,38,41,45-47,49,51-63H2,1-5H3/b10-8-,11-9-,16-14-,17-15-,22-20-,25-24-,28-27-,31-30-,34-33-,37-36-,40-39-,43-42-,44-21-,50-48-. The summed E-state index contributed by atoms with van der Waals surface area (Å²) in [6.45, 7) is 4.41. The van der Waals surface area contributed by atoms with Crippen LogP contribution in [0.25, 0.3) is 0 Å². The molecule has 0 saturated carbocycles. The molecule has 0 heterocycles. The van der Waals surface area contributed by atoms with Crippen molar-refractivity contribution in [1.29, 1.82) is 0 Å². The van der Waals surface area contributed by atoms with E-state index in [0.29, 0.717) is 23.9 Å². The van der Waals surface area contributed by atoms with Crippen molar-refractivity contribution in [2.75, 3.05) is 47.5 Å². The van der Waals surface area contributed by atoms with Crippen molar-refractivity contribution in [3.8, 4) is 0 Å². The predicted octanol–water partition coefficient (Wildman–Crippen LogP) is 16.2. The molecule has 0 aromatic rings. The number of carbonyl (C=O) groups excluding carboxylic acids is 3. The van der Waals surface area contributed by atoms with Gasteiger partial charge in [-0.05, 0) is 128 Å².